The lowest BCUT2D eigenvalue weighted by molar-refractivity contribution is 1.13. The van der Waals surface area contributed by atoms with Gasteiger partial charge in [0.2, 0.25) is 0 Å². The number of hydrogen-bond acceptors (Lipinski definition) is 5. The van der Waals surface area contributed by atoms with Crippen LogP contribution in [0.4, 0.5) is 39.8 Å². The number of nitrogens with zero attached hydrogens (tertiary/aromatic N) is 6. The Kier molecular flexibility index (Phi) is 5.95. The van der Waals surface area contributed by atoms with Gasteiger partial charge in [0.1, 0.15) is 0 Å². The molecule has 0 radical (unpaired) electrons. The maximum absolute atomic E-state index is 9.92. The summed E-state index contributed by atoms with van der Waals surface area (Å²) in [5.41, 5.74) is 12.2. The fraction of sp³-hybridized carbons (Fsp3) is 0.0556. The van der Waals surface area contributed by atoms with Crippen molar-refractivity contribution in [1.29, 1.82) is 15.8 Å². The van der Waals surface area contributed by atoms with E-state index in [1.165, 1.54) is 0 Å². The maximum atomic E-state index is 9.92. The normalized spacial score (nSPS) is 12.2. The Bertz CT molecular complexity index is 1970. The lowest BCUT2D eigenvalue weighted by Crippen LogP contribution is -2.61. The molecular formula is C36H21BN6. The first-order valence-corrected chi connectivity index (χ1v) is 13.9. The Morgan fingerprint density at radius 1 is 0.628 bits per heavy atom. The van der Waals surface area contributed by atoms with E-state index in [1.807, 2.05) is 84.9 Å². The minimum Gasteiger partial charge on any atom is -0.312 e. The van der Waals surface area contributed by atoms with Gasteiger partial charge in [-0.05, 0) is 113 Å². The van der Waals surface area contributed by atoms with Crippen LogP contribution in [0.2, 0.25) is 0 Å². The molecule has 2 aliphatic heterocycles. The van der Waals surface area contributed by atoms with E-state index >= 15 is 0 Å². The molecule has 2 heterocycles. The summed E-state index contributed by atoms with van der Waals surface area (Å²) in [6.45, 7) is 9.36. The summed E-state index contributed by atoms with van der Waals surface area (Å²) in [5, 5.41) is 29.3. The van der Waals surface area contributed by atoms with Gasteiger partial charge in [0, 0.05) is 34.1 Å². The van der Waals surface area contributed by atoms with Crippen LogP contribution < -0.4 is 26.2 Å². The van der Waals surface area contributed by atoms with Crippen molar-refractivity contribution >= 4 is 62.9 Å². The minimum atomic E-state index is -0.226. The van der Waals surface area contributed by atoms with Gasteiger partial charge >= 0.3 is 0 Å². The summed E-state index contributed by atoms with van der Waals surface area (Å²) >= 11 is 0. The van der Waals surface area contributed by atoms with Gasteiger partial charge in [0.15, 0.2) is 5.69 Å². The Hall–Kier alpha value is -6.28. The van der Waals surface area contributed by atoms with Gasteiger partial charge in [-0.25, -0.2) is 4.85 Å². The van der Waals surface area contributed by atoms with E-state index in [1.54, 1.807) is 0 Å². The van der Waals surface area contributed by atoms with Crippen molar-refractivity contribution in [1.82, 2.24) is 0 Å². The molecule has 5 aromatic carbocycles. The summed E-state index contributed by atoms with van der Waals surface area (Å²) in [6.07, 6.45) is 0.817. The highest BCUT2D eigenvalue weighted by atomic mass is 15.2. The van der Waals surface area contributed by atoms with Gasteiger partial charge in [-0.2, -0.15) is 15.8 Å². The van der Waals surface area contributed by atoms with Gasteiger partial charge in [0.25, 0.3) is 6.71 Å². The fourth-order valence-electron chi connectivity index (χ4n) is 6.32. The van der Waals surface area contributed by atoms with Crippen molar-refractivity contribution in [3.05, 3.63) is 131 Å². The number of rotatable bonds is 3. The molecule has 0 spiro atoms. The number of fused-ring (bicyclic) bond motifs is 4. The molecule has 0 unspecified atom stereocenters. The second-order valence-corrected chi connectivity index (χ2v) is 10.6. The summed E-state index contributed by atoms with van der Waals surface area (Å²) in [5.74, 6) is 0. The lowest BCUT2D eigenvalue weighted by Gasteiger charge is -2.44. The Balaban J connectivity index is 1.60. The number of aryl methyl sites for hydroxylation is 1. The second kappa shape index (κ2) is 9.97. The molecule has 0 saturated carbocycles. The molecule has 0 fully saturated rings. The van der Waals surface area contributed by atoms with Gasteiger partial charge in [-0.3, -0.25) is 0 Å². The molecule has 0 aliphatic carbocycles. The third kappa shape index (κ3) is 3.93. The number of hydrogen-bond donors (Lipinski definition) is 0. The molecule has 5 aromatic rings. The van der Waals surface area contributed by atoms with Crippen LogP contribution in [0.5, 0.6) is 0 Å². The monoisotopic (exact) mass is 548 g/mol. The average molecular weight is 548 g/mol. The van der Waals surface area contributed by atoms with E-state index in [0.29, 0.717) is 22.4 Å². The van der Waals surface area contributed by atoms with Crippen molar-refractivity contribution in [3.8, 4) is 18.2 Å². The third-order valence-corrected chi connectivity index (χ3v) is 8.28. The summed E-state index contributed by atoms with van der Waals surface area (Å²) < 4.78 is 0. The quantitative estimate of drug-likeness (QED) is 0.186. The van der Waals surface area contributed by atoms with Crippen LogP contribution in [0.1, 0.15) is 29.2 Å². The maximum Gasteiger partial charge on any atom is 0.252 e. The fourth-order valence-corrected chi connectivity index (χ4v) is 6.32. The van der Waals surface area contributed by atoms with Crippen LogP contribution in [0.15, 0.2) is 97.1 Å². The molecule has 0 atom stereocenters. The van der Waals surface area contributed by atoms with Crippen molar-refractivity contribution in [3.63, 3.8) is 0 Å². The topological polar surface area (TPSA) is 82.2 Å². The van der Waals surface area contributed by atoms with Gasteiger partial charge in [-0.1, -0.05) is 19.1 Å². The van der Waals surface area contributed by atoms with Crippen LogP contribution in [-0.4, -0.2) is 6.71 Å². The van der Waals surface area contributed by atoms with E-state index < -0.39 is 0 Å². The van der Waals surface area contributed by atoms with Gasteiger partial charge in [0.05, 0.1) is 41.5 Å². The first-order chi connectivity index (χ1) is 21.1. The summed E-state index contributed by atoms with van der Waals surface area (Å²) in [4.78, 5) is 8.01. The predicted octanol–water partition coefficient (Wildman–Crippen LogP) is 6.50. The van der Waals surface area contributed by atoms with Crippen molar-refractivity contribution in [2.45, 2.75) is 13.3 Å². The molecule has 7 rings (SSSR count). The molecule has 0 amide bonds. The van der Waals surface area contributed by atoms with E-state index in [2.05, 4.69) is 51.9 Å². The van der Waals surface area contributed by atoms with Crippen molar-refractivity contribution in [2.24, 2.45) is 0 Å². The number of nitriles is 3. The standard InChI is InChI=1S/C36H21BN6/c1-3-23-18-34-36-35(19-23)43(29-12-8-27(41-2)9-13-29)33-15-7-26(22-40)17-31(33)37(36)30-16-25(21-39)6-14-32(30)42(34)28-10-4-24(20-38)5-11-28/h4-19H,3H2,1H3. The largest absolute Gasteiger partial charge is 0.312 e. The minimum absolute atomic E-state index is 0.226. The van der Waals surface area contributed by atoms with Crippen LogP contribution in [-0.2, 0) is 6.42 Å². The second-order valence-electron chi connectivity index (χ2n) is 10.6. The highest BCUT2D eigenvalue weighted by Crippen LogP contribution is 2.45. The molecule has 0 bridgehead atoms. The molecule has 7 heteroatoms. The van der Waals surface area contributed by atoms with Gasteiger partial charge < -0.3 is 9.80 Å². The summed E-state index contributed by atoms with van der Waals surface area (Å²) in [7, 11) is 0. The lowest BCUT2D eigenvalue weighted by atomic mass is 9.33. The van der Waals surface area contributed by atoms with Crippen LogP contribution in [0.25, 0.3) is 4.85 Å². The van der Waals surface area contributed by atoms with E-state index in [0.717, 1.165) is 62.5 Å². The molecule has 0 saturated heterocycles. The first-order valence-electron chi connectivity index (χ1n) is 13.9. The molecule has 6 nitrogen and oxygen atoms in total. The van der Waals surface area contributed by atoms with E-state index in [9.17, 15) is 15.8 Å². The van der Waals surface area contributed by atoms with E-state index in [4.69, 9.17) is 6.57 Å². The van der Waals surface area contributed by atoms with Gasteiger partial charge in [-0.15, -0.1) is 0 Å². The Morgan fingerprint density at radius 3 is 1.53 bits per heavy atom. The predicted molar refractivity (Wildman–Crippen MR) is 170 cm³/mol. The van der Waals surface area contributed by atoms with Crippen LogP contribution in [0.3, 0.4) is 0 Å². The molecular weight excluding hydrogens is 527 g/mol. The van der Waals surface area contributed by atoms with Crippen LogP contribution >= 0.6 is 0 Å². The van der Waals surface area contributed by atoms with E-state index in [-0.39, 0.29) is 6.71 Å². The third-order valence-electron chi connectivity index (χ3n) is 8.28. The molecule has 0 aromatic heterocycles. The highest BCUT2D eigenvalue weighted by molar-refractivity contribution is 7.00. The van der Waals surface area contributed by atoms with Crippen LogP contribution in [0, 0.1) is 40.6 Å². The molecule has 0 N–H and O–H groups in total. The molecule has 198 valence electrons. The Labute approximate surface area is 250 Å². The molecule has 43 heavy (non-hydrogen) atoms. The van der Waals surface area contributed by atoms with Crippen molar-refractivity contribution < 1.29 is 0 Å². The smallest absolute Gasteiger partial charge is 0.252 e. The zero-order valence-electron chi connectivity index (χ0n) is 23.2. The zero-order valence-corrected chi connectivity index (χ0v) is 23.2. The SMILES string of the molecule is [C-]#[N+]c1ccc(N2c3ccc(C#N)cc3B3c4cc(C#N)ccc4N(c4ccc(C#N)cc4)c4cc(CC)cc2c43)cc1. The average Bonchev–Trinajstić information content (AvgIpc) is 3.07. The number of benzene rings is 5. The first kappa shape index (κ1) is 25.7. The summed E-state index contributed by atoms with van der Waals surface area (Å²) in [6, 6.07) is 38.0. The molecule has 2 aliphatic rings. The van der Waals surface area contributed by atoms with Crippen molar-refractivity contribution in [2.75, 3.05) is 9.80 Å². The Morgan fingerprint density at radius 2 is 1.09 bits per heavy atom. The highest BCUT2D eigenvalue weighted by Gasteiger charge is 2.43. The zero-order chi connectivity index (χ0) is 29.7. The number of anilines is 6.